The topological polar surface area (TPSA) is 107 Å². The number of nitrogens with one attached hydrogen (secondary N) is 2. The molecule has 12 heteroatoms. The molecular formula is C25H31N7O3S2. The van der Waals surface area contributed by atoms with Gasteiger partial charge < -0.3 is 19.9 Å². The molecule has 0 unspecified atom stereocenters. The number of aromatic nitrogens is 3. The number of H-pyrrole nitrogens is 1. The summed E-state index contributed by atoms with van der Waals surface area (Å²) in [5.41, 5.74) is 1.44. The number of aromatic amines is 1. The van der Waals surface area contributed by atoms with Crippen molar-refractivity contribution >= 4 is 48.3 Å². The number of hydrogen-bond donors (Lipinski definition) is 2. The number of thiophene rings is 1. The number of morpholine rings is 1. The quantitative estimate of drug-likeness (QED) is 0.383. The van der Waals surface area contributed by atoms with Crippen LogP contribution in [0.1, 0.15) is 4.88 Å². The Morgan fingerprint density at radius 1 is 1.05 bits per heavy atom. The number of benzene rings is 1. The minimum absolute atomic E-state index is 0.213. The summed E-state index contributed by atoms with van der Waals surface area (Å²) in [6.07, 6.45) is 1.82. The molecule has 3 aromatic heterocycles. The third-order valence-electron chi connectivity index (χ3n) is 6.99. The minimum atomic E-state index is -3.64. The highest BCUT2D eigenvalue weighted by Crippen LogP contribution is 2.37. The van der Waals surface area contributed by atoms with Crippen LogP contribution >= 0.6 is 11.3 Å². The molecule has 6 rings (SSSR count). The number of anilines is 1. The molecule has 0 saturated carbocycles. The molecule has 4 aromatic rings. The van der Waals surface area contributed by atoms with Gasteiger partial charge in [-0.05, 0) is 24.3 Å². The molecule has 1 aromatic carbocycles. The highest BCUT2D eigenvalue weighted by Gasteiger charge is 2.24. The molecule has 196 valence electrons. The van der Waals surface area contributed by atoms with Gasteiger partial charge in [-0.15, -0.1) is 11.3 Å². The molecule has 2 fully saturated rings. The zero-order valence-electron chi connectivity index (χ0n) is 21.0. The average molecular weight is 542 g/mol. The van der Waals surface area contributed by atoms with Gasteiger partial charge in [-0.2, -0.15) is 0 Å². The highest BCUT2D eigenvalue weighted by atomic mass is 32.2. The highest BCUT2D eigenvalue weighted by molar-refractivity contribution is 7.89. The number of hydrogen-bond acceptors (Lipinski definition) is 9. The molecule has 0 atom stereocenters. The number of nitrogens with zero attached hydrogens (tertiary/aromatic N) is 5. The molecule has 5 heterocycles. The van der Waals surface area contributed by atoms with Crippen LogP contribution in [0.5, 0.6) is 0 Å². The normalized spacial score (nSPS) is 17.9. The molecule has 10 nitrogen and oxygen atoms in total. The zero-order chi connectivity index (χ0) is 25.6. The van der Waals surface area contributed by atoms with Crippen molar-refractivity contribution in [3.05, 3.63) is 35.3 Å². The summed E-state index contributed by atoms with van der Waals surface area (Å²) in [5, 5.41) is 5.35. The van der Waals surface area contributed by atoms with Gasteiger partial charge in [0.2, 0.25) is 10.0 Å². The first kappa shape index (κ1) is 24.7. The van der Waals surface area contributed by atoms with Gasteiger partial charge in [0.25, 0.3) is 0 Å². The molecule has 2 saturated heterocycles. The van der Waals surface area contributed by atoms with E-state index in [1.807, 2.05) is 12.3 Å². The van der Waals surface area contributed by atoms with Crippen LogP contribution in [0.15, 0.2) is 35.4 Å². The largest absolute Gasteiger partial charge is 0.378 e. The van der Waals surface area contributed by atoms with Crippen LogP contribution < -0.4 is 10.2 Å². The smallest absolute Gasteiger partial charge is 0.242 e. The van der Waals surface area contributed by atoms with Gasteiger partial charge in [0.1, 0.15) is 10.6 Å². The van der Waals surface area contributed by atoms with Crippen molar-refractivity contribution in [1.82, 2.24) is 29.5 Å². The number of sulfonamides is 1. The predicted octanol–water partition coefficient (Wildman–Crippen LogP) is 2.33. The molecular weight excluding hydrogens is 510 g/mol. The predicted molar refractivity (Wildman–Crippen MR) is 147 cm³/mol. The summed E-state index contributed by atoms with van der Waals surface area (Å²) in [6, 6.07) is 7.55. The summed E-state index contributed by atoms with van der Waals surface area (Å²) in [4.78, 5) is 20.4. The average Bonchev–Trinajstić information content (AvgIpc) is 3.55. The van der Waals surface area contributed by atoms with Gasteiger partial charge in [0, 0.05) is 87.4 Å². The fourth-order valence-electron chi connectivity index (χ4n) is 4.95. The number of fused-ring (bicyclic) bond motifs is 2. The fourth-order valence-corrected chi connectivity index (χ4v) is 6.97. The maximum Gasteiger partial charge on any atom is 0.242 e. The molecule has 0 amide bonds. The Hall–Kier alpha value is -2.61. The molecule has 37 heavy (non-hydrogen) atoms. The Labute approximate surface area is 220 Å². The Morgan fingerprint density at radius 3 is 2.59 bits per heavy atom. The lowest BCUT2D eigenvalue weighted by Crippen LogP contribution is -2.42. The lowest BCUT2D eigenvalue weighted by molar-refractivity contribution is 0.122. The van der Waals surface area contributed by atoms with Crippen molar-refractivity contribution in [3.8, 4) is 11.4 Å². The molecule has 0 aliphatic carbocycles. The second-order valence-corrected chi connectivity index (χ2v) is 12.9. The molecule has 0 spiro atoms. The van der Waals surface area contributed by atoms with Crippen molar-refractivity contribution < 1.29 is 13.2 Å². The van der Waals surface area contributed by atoms with Crippen molar-refractivity contribution in [3.63, 3.8) is 0 Å². The van der Waals surface area contributed by atoms with Crippen molar-refractivity contribution in [2.45, 2.75) is 11.4 Å². The van der Waals surface area contributed by atoms with E-state index in [9.17, 15) is 8.42 Å². The monoisotopic (exact) mass is 541 g/mol. The second kappa shape index (κ2) is 9.93. The maximum absolute atomic E-state index is 13.0. The SMILES string of the molecule is CN(C)S(=O)(=O)c1cc(-c2nc(N3CCOCC3)c3cc(CN4CCNCC4)sc3n2)c2cc[nH]c2c1. The van der Waals surface area contributed by atoms with Crippen LogP contribution in [0.4, 0.5) is 5.82 Å². The van der Waals surface area contributed by atoms with E-state index in [-0.39, 0.29) is 4.90 Å². The first-order chi connectivity index (χ1) is 17.9. The standard InChI is InChI=1S/C25H31N7O3S2/c1-30(2)37(33,34)18-14-20(19-3-4-27-22(19)15-18)23-28-24(32-9-11-35-12-10-32)21-13-17(36-25(21)29-23)16-31-7-5-26-6-8-31/h3-4,13-15,26-27H,5-12,16H2,1-2H3. The minimum Gasteiger partial charge on any atom is -0.378 e. The number of rotatable bonds is 6. The number of ether oxygens (including phenoxy) is 1. The van der Waals surface area contributed by atoms with Crippen LogP contribution in [-0.4, -0.2) is 99.2 Å². The van der Waals surface area contributed by atoms with Crippen molar-refractivity contribution in [2.75, 3.05) is 71.5 Å². The van der Waals surface area contributed by atoms with E-state index in [2.05, 4.69) is 26.2 Å². The van der Waals surface area contributed by atoms with Crippen molar-refractivity contribution in [1.29, 1.82) is 0 Å². The lowest BCUT2D eigenvalue weighted by Gasteiger charge is -2.28. The molecule has 0 bridgehead atoms. The van der Waals surface area contributed by atoms with Gasteiger partial charge in [0.15, 0.2) is 5.82 Å². The molecule has 2 aliphatic heterocycles. The molecule has 0 radical (unpaired) electrons. The van der Waals surface area contributed by atoms with E-state index in [4.69, 9.17) is 14.7 Å². The van der Waals surface area contributed by atoms with Gasteiger partial charge >= 0.3 is 0 Å². The fraction of sp³-hybridized carbons (Fsp3) is 0.440. The summed E-state index contributed by atoms with van der Waals surface area (Å²) in [7, 11) is -0.559. The summed E-state index contributed by atoms with van der Waals surface area (Å²) in [6.45, 7) is 7.76. The lowest BCUT2D eigenvalue weighted by atomic mass is 10.1. The van der Waals surface area contributed by atoms with E-state index in [0.717, 1.165) is 72.8 Å². The van der Waals surface area contributed by atoms with Gasteiger partial charge in [-0.25, -0.2) is 22.7 Å². The molecule has 2 N–H and O–H groups in total. The molecule has 2 aliphatic rings. The Balaban J connectivity index is 1.51. The van der Waals surface area contributed by atoms with Crippen LogP contribution in [0, 0.1) is 0 Å². The van der Waals surface area contributed by atoms with E-state index < -0.39 is 10.0 Å². The number of piperazine rings is 1. The van der Waals surface area contributed by atoms with Crippen LogP contribution in [-0.2, 0) is 21.3 Å². The summed E-state index contributed by atoms with van der Waals surface area (Å²) < 4.78 is 32.9. The second-order valence-electron chi connectivity index (χ2n) is 9.63. The van der Waals surface area contributed by atoms with Crippen LogP contribution in [0.3, 0.4) is 0 Å². The maximum atomic E-state index is 13.0. The zero-order valence-corrected chi connectivity index (χ0v) is 22.7. The van der Waals surface area contributed by atoms with Gasteiger partial charge in [0.05, 0.1) is 23.5 Å². The Bertz CT molecular complexity index is 1530. The third kappa shape index (κ3) is 4.73. The van der Waals surface area contributed by atoms with E-state index in [0.29, 0.717) is 24.6 Å². The van der Waals surface area contributed by atoms with E-state index >= 15 is 0 Å². The van der Waals surface area contributed by atoms with Crippen LogP contribution in [0.25, 0.3) is 32.5 Å². The summed E-state index contributed by atoms with van der Waals surface area (Å²) >= 11 is 1.69. The van der Waals surface area contributed by atoms with E-state index in [1.165, 1.54) is 9.18 Å². The Kier molecular flexibility index (Phi) is 6.63. The van der Waals surface area contributed by atoms with Gasteiger partial charge in [-0.3, -0.25) is 4.90 Å². The first-order valence-corrected chi connectivity index (χ1v) is 14.8. The third-order valence-corrected chi connectivity index (χ3v) is 9.79. The first-order valence-electron chi connectivity index (χ1n) is 12.5. The van der Waals surface area contributed by atoms with Crippen molar-refractivity contribution in [2.24, 2.45) is 0 Å². The van der Waals surface area contributed by atoms with Crippen LogP contribution in [0.2, 0.25) is 0 Å². The van der Waals surface area contributed by atoms with E-state index in [1.54, 1.807) is 37.6 Å². The van der Waals surface area contributed by atoms with Gasteiger partial charge in [-0.1, -0.05) is 0 Å². The summed E-state index contributed by atoms with van der Waals surface area (Å²) in [5.74, 6) is 1.42. The Morgan fingerprint density at radius 2 is 1.84 bits per heavy atom.